The quantitative estimate of drug-likeness (QED) is 0.690. The highest BCUT2D eigenvalue weighted by Gasteiger charge is 2.34. The molecule has 5 nitrogen and oxygen atoms in total. The summed E-state index contributed by atoms with van der Waals surface area (Å²) in [6, 6.07) is 1.89. The number of imide groups is 1. The number of benzene rings is 1. The van der Waals surface area contributed by atoms with Crippen LogP contribution in [0.4, 0.5) is 23.7 Å². The van der Waals surface area contributed by atoms with Gasteiger partial charge in [-0.25, -0.2) is 0 Å². The van der Waals surface area contributed by atoms with Crippen molar-refractivity contribution in [1.29, 1.82) is 0 Å². The highest BCUT2D eigenvalue weighted by molar-refractivity contribution is 8.18. The highest BCUT2D eigenvalue weighted by Crippen LogP contribution is 2.40. The SMILES string of the molecule is CC(C)CN1CCN(c2c(Cl)cc(C(F)(F)F)cc2/C=C2\SC(=O)NC2=O)CC1. The normalized spacial score (nSPS) is 20.1. The van der Waals surface area contributed by atoms with Gasteiger partial charge in [-0.2, -0.15) is 13.2 Å². The molecule has 0 aromatic heterocycles. The molecular formula is C19H21ClF3N3O2S. The Hall–Kier alpha value is -1.71. The first kappa shape index (κ1) is 22.0. The van der Waals surface area contributed by atoms with Gasteiger partial charge in [-0.15, -0.1) is 0 Å². The molecule has 0 aliphatic carbocycles. The molecule has 2 fully saturated rings. The van der Waals surface area contributed by atoms with Crippen LogP contribution in [0.25, 0.3) is 6.08 Å². The summed E-state index contributed by atoms with van der Waals surface area (Å²) in [5, 5.41) is 1.53. The Bertz CT molecular complexity index is 850. The van der Waals surface area contributed by atoms with Gasteiger partial charge in [0.1, 0.15) is 0 Å². The molecule has 0 atom stereocenters. The van der Waals surface area contributed by atoms with Crippen molar-refractivity contribution in [1.82, 2.24) is 10.2 Å². The molecule has 2 saturated heterocycles. The number of amides is 2. The van der Waals surface area contributed by atoms with Gasteiger partial charge in [-0.05, 0) is 35.9 Å². The summed E-state index contributed by atoms with van der Waals surface area (Å²) < 4.78 is 39.9. The number of carbonyl (C=O) groups is 2. The van der Waals surface area contributed by atoms with Crippen LogP contribution in [0, 0.1) is 5.92 Å². The van der Waals surface area contributed by atoms with Gasteiger partial charge in [0.15, 0.2) is 0 Å². The number of hydrogen-bond acceptors (Lipinski definition) is 5. The second-order valence-corrected chi connectivity index (χ2v) is 8.85. The molecule has 0 spiro atoms. The lowest BCUT2D eigenvalue weighted by atomic mass is 10.0. The van der Waals surface area contributed by atoms with Crippen molar-refractivity contribution < 1.29 is 22.8 Å². The van der Waals surface area contributed by atoms with Gasteiger partial charge in [0.05, 0.1) is 21.2 Å². The second kappa shape index (κ2) is 8.57. The van der Waals surface area contributed by atoms with Crippen molar-refractivity contribution in [3.05, 3.63) is 33.2 Å². The van der Waals surface area contributed by atoms with Crippen molar-refractivity contribution in [3.63, 3.8) is 0 Å². The predicted molar refractivity (Wildman–Crippen MR) is 109 cm³/mol. The first-order chi connectivity index (χ1) is 13.5. The fourth-order valence-corrected chi connectivity index (χ4v) is 4.48. The Balaban J connectivity index is 1.97. The Labute approximate surface area is 176 Å². The van der Waals surface area contributed by atoms with Gasteiger partial charge in [0, 0.05) is 38.3 Å². The number of rotatable bonds is 4. The van der Waals surface area contributed by atoms with E-state index in [1.165, 1.54) is 6.08 Å². The maximum absolute atomic E-state index is 13.3. The maximum Gasteiger partial charge on any atom is 0.416 e. The van der Waals surface area contributed by atoms with E-state index in [9.17, 15) is 22.8 Å². The molecule has 29 heavy (non-hydrogen) atoms. The summed E-state index contributed by atoms with van der Waals surface area (Å²) >= 11 is 6.95. The van der Waals surface area contributed by atoms with E-state index >= 15 is 0 Å². The van der Waals surface area contributed by atoms with Crippen LogP contribution >= 0.6 is 23.4 Å². The van der Waals surface area contributed by atoms with Crippen molar-refractivity contribution in [2.45, 2.75) is 20.0 Å². The van der Waals surface area contributed by atoms with Gasteiger partial charge < -0.3 is 4.90 Å². The number of nitrogens with zero attached hydrogens (tertiary/aromatic N) is 2. The molecule has 2 aliphatic rings. The molecule has 1 aromatic carbocycles. The summed E-state index contributed by atoms with van der Waals surface area (Å²) in [5.41, 5.74) is -0.273. The number of anilines is 1. The van der Waals surface area contributed by atoms with Crippen molar-refractivity contribution in [2.75, 3.05) is 37.6 Å². The fraction of sp³-hybridized carbons (Fsp3) is 0.474. The van der Waals surface area contributed by atoms with Crippen molar-refractivity contribution in [3.8, 4) is 0 Å². The van der Waals surface area contributed by atoms with Crippen LogP contribution in [0.1, 0.15) is 25.0 Å². The van der Waals surface area contributed by atoms with Crippen LogP contribution in [-0.2, 0) is 11.0 Å². The van der Waals surface area contributed by atoms with Gasteiger partial charge in [0.2, 0.25) is 0 Å². The summed E-state index contributed by atoms with van der Waals surface area (Å²) in [4.78, 5) is 27.6. The zero-order valence-electron chi connectivity index (χ0n) is 16.0. The van der Waals surface area contributed by atoms with Crippen LogP contribution in [0.2, 0.25) is 5.02 Å². The number of halogens is 4. The van der Waals surface area contributed by atoms with Crippen LogP contribution in [0.15, 0.2) is 17.0 Å². The second-order valence-electron chi connectivity index (χ2n) is 7.43. The molecule has 2 heterocycles. The molecule has 2 amide bonds. The van der Waals surface area contributed by atoms with Crippen LogP contribution in [0.3, 0.4) is 0 Å². The number of alkyl halides is 3. The van der Waals surface area contributed by atoms with E-state index in [0.717, 1.165) is 31.8 Å². The van der Waals surface area contributed by atoms with E-state index in [4.69, 9.17) is 11.6 Å². The van der Waals surface area contributed by atoms with E-state index in [1.807, 2.05) is 4.90 Å². The molecule has 0 radical (unpaired) electrons. The molecule has 1 N–H and O–H groups in total. The van der Waals surface area contributed by atoms with Crippen LogP contribution in [-0.4, -0.2) is 48.8 Å². The third-order valence-electron chi connectivity index (χ3n) is 4.66. The Morgan fingerprint density at radius 3 is 2.38 bits per heavy atom. The third-order valence-corrected chi connectivity index (χ3v) is 5.76. The Morgan fingerprint density at radius 1 is 1.21 bits per heavy atom. The average molecular weight is 448 g/mol. The molecule has 3 rings (SSSR count). The summed E-state index contributed by atoms with van der Waals surface area (Å²) in [7, 11) is 0. The smallest absolute Gasteiger partial charge is 0.367 e. The highest BCUT2D eigenvalue weighted by atomic mass is 35.5. The van der Waals surface area contributed by atoms with E-state index in [0.29, 0.717) is 36.5 Å². The van der Waals surface area contributed by atoms with Gasteiger partial charge in [0.25, 0.3) is 11.1 Å². The number of thioether (sulfide) groups is 1. The average Bonchev–Trinajstić information content (AvgIpc) is 2.91. The standard InChI is InChI=1S/C19H21ClF3N3O2S/c1-11(2)10-25-3-5-26(6-4-25)16-12(8-15-17(27)24-18(28)29-15)7-13(9-14(16)20)19(21,22)23/h7-9,11H,3-6,10H2,1-2H3,(H,24,27,28)/b15-8-. The molecule has 10 heteroatoms. The minimum Gasteiger partial charge on any atom is -0.367 e. The molecule has 1 aromatic rings. The molecule has 0 saturated carbocycles. The summed E-state index contributed by atoms with van der Waals surface area (Å²) in [5.74, 6) is -0.104. The van der Waals surface area contributed by atoms with E-state index in [-0.39, 0.29) is 15.5 Å². The topological polar surface area (TPSA) is 52.6 Å². The van der Waals surface area contributed by atoms with Crippen molar-refractivity contribution in [2.24, 2.45) is 5.92 Å². The zero-order valence-corrected chi connectivity index (χ0v) is 17.5. The molecular weight excluding hydrogens is 427 g/mol. The molecule has 0 unspecified atom stereocenters. The van der Waals surface area contributed by atoms with E-state index in [1.54, 1.807) is 0 Å². The monoisotopic (exact) mass is 447 g/mol. The third kappa shape index (κ3) is 5.26. The summed E-state index contributed by atoms with van der Waals surface area (Å²) in [6.45, 7) is 7.95. The molecule has 2 aliphatic heterocycles. The number of hydrogen-bond donors (Lipinski definition) is 1. The van der Waals surface area contributed by atoms with Gasteiger partial charge in [-0.3, -0.25) is 19.8 Å². The van der Waals surface area contributed by atoms with Crippen molar-refractivity contribution >= 4 is 46.3 Å². The van der Waals surface area contributed by atoms with Gasteiger partial charge in [-0.1, -0.05) is 25.4 Å². The largest absolute Gasteiger partial charge is 0.416 e. The lowest BCUT2D eigenvalue weighted by Crippen LogP contribution is -2.47. The van der Waals surface area contributed by atoms with Crippen LogP contribution in [0.5, 0.6) is 0 Å². The van der Waals surface area contributed by atoms with E-state index in [2.05, 4.69) is 24.1 Å². The number of piperazine rings is 1. The zero-order chi connectivity index (χ0) is 21.3. The minimum atomic E-state index is -4.58. The number of carbonyl (C=O) groups excluding carboxylic acids is 2. The molecule has 158 valence electrons. The summed E-state index contributed by atoms with van der Waals surface area (Å²) in [6.07, 6.45) is -3.27. The predicted octanol–water partition coefficient (Wildman–Crippen LogP) is 4.46. The van der Waals surface area contributed by atoms with E-state index < -0.39 is 22.9 Å². The number of nitrogens with one attached hydrogen (secondary N) is 1. The Morgan fingerprint density at radius 2 is 1.86 bits per heavy atom. The molecule has 0 bridgehead atoms. The lowest BCUT2D eigenvalue weighted by Gasteiger charge is -2.38. The van der Waals surface area contributed by atoms with Gasteiger partial charge >= 0.3 is 6.18 Å². The minimum absolute atomic E-state index is 0.0290. The Kier molecular flexibility index (Phi) is 6.50. The fourth-order valence-electron chi connectivity index (χ4n) is 3.46. The van der Waals surface area contributed by atoms with Crippen LogP contribution < -0.4 is 10.2 Å². The maximum atomic E-state index is 13.3. The first-order valence-electron chi connectivity index (χ1n) is 9.17. The lowest BCUT2D eigenvalue weighted by molar-refractivity contribution is -0.137. The first-order valence-corrected chi connectivity index (χ1v) is 10.4.